The zero-order valence-corrected chi connectivity index (χ0v) is 13.7. The number of carbonyl (C=O) groups excluding carboxylic acids is 1. The number of non-ortho nitro benzene ring substituents is 1. The molecule has 0 fully saturated rings. The van der Waals surface area contributed by atoms with Crippen molar-refractivity contribution in [3.8, 4) is 5.75 Å². The number of nitrogens with zero attached hydrogens (tertiary/aromatic N) is 1. The molecule has 0 aliphatic rings. The van der Waals surface area contributed by atoms with Crippen molar-refractivity contribution >= 4 is 17.2 Å². The third-order valence-corrected chi connectivity index (χ3v) is 3.76. The van der Waals surface area contributed by atoms with Crippen molar-refractivity contribution < 1.29 is 14.5 Å². The Morgan fingerprint density at radius 1 is 1.17 bits per heavy atom. The van der Waals surface area contributed by atoms with Gasteiger partial charge in [-0.15, -0.1) is 0 Å². The maximum atomic E-state index is 11.9. The molecule has 0 saturated heterocycles. The standard InChI is InChI=1S/C18H20N2O4/c1-3-16(21)12-18(13-4-8-15(9-5-13)20(22)23)19-14-6-10-17(24-2)11-7-14/h4-11,18-19H,3,12H2,1-2H3/t18-/m0/s1. The highest BCUT2D eigenvalue weighted by Crippen LogP contribution is 2.26. The molecule has 2 rings (SSSR count). The van der Waals surface area contributed by atoms with Crippen LogP contribution in [0.25, 0.3) is 0 Å². The lowest BCUT2D eigenvalue weighted by Gasteiger charge is -2.20. The number of anilines is 1. The number of hydrogen-bond acceptors (Lipinski definition) is 5. The number of hydrogen-bond donors (Lipinski definition) is 1. The summed E-state index contributed by atoms with van der Waals surface area (Å²) in [6.45, 7) is 1.82. The number of nitro benzene ring substituents is 1. The summed E-state index contributed by atoms with van der Waals surface area (Å²) in [7, 11) is 1.60. The van der Waals surface area contributed by atoms with Crippen LogP contribution < -0.4 is 10.1 Å². The first-order chi connectivity index (χ1) is 11.5. The van der Waals surface area contributed by atoms with Gasteiger partial charge in [-0.25, -0.2) is 0 Å². The number of nitro groups is 1. The van der Waals surface area contributed by atoms with Crippen LogP contribution in [0, 0.1) is 10.1 Å². The van der Waals surface area contributed by atoms with E-state index in [4.69, 9.17) is 4.74 Å². The van der Waals surface area contributed by atoms with Gasteiger partial charge in [0.25, 0.3) is 5.69 Å². The van der Waals surface area contributed by atoms with E-state index in [1.54, 1.807) is 19.2 Å². The summed E-state index contributed by atoms with van der Waals surface area (Å²) in [5.41, 5.74) is 1.71. The Balaban J connectivity index is 2.22. The van der Waals surface area contributed by atoms with E-state index in [9.17, 15) is 14.9 Å². The highest BCUT2D eigenvalue weighted by Gasteiger charge is 2.16. The Morgan fingerprint density at radius 2 is 1.79 bits per heavy atom. The lowest BCUT2D eigenvalue weighted by Crippen LogP contribution is -2.15. The van der Waals surface area contributed by atoms with Gasteiger partial charge in [0.1, 0.15) is 11.5 Å². The zero-order chi connectivity index (χ0) is 17.5. The number of rotatable bonds is 8. The van der Waals surface area contributed by atoms with Gasteiger partial charge in [-0.1, -0.05) is 19.1 Å². The van der Waals surface area contributed by atoms with Crippen molar-refractivity contribution in [3.63, 3.8) is 0 Å². The van der Waals surface area contributed by atoms with E-state index in [-0.39, 0.29) is 17.5 Å². The minimum Gasteiger partial charge on any atom is -0.497 e. The molecule has 0 radical (unpaired) electrons. The Hall–Kier alpha value is -2.89. The summed E-state index contributed by atoms with van der Waals surface area (Å²) in [4.78, 5) is 22.2. The van der Waals surface area contributed by atoms with Crippen molar-refractivity contribution in [2.75, 3.05) is 12.4 Å². The average molecular weight is 328 g/mol. The van der Waals surface area contributed by atoms with Crippen molar-refractivity contribution in [2.24, 2.45) is 0 Å². The Kier molecular flexibility index (Phi) is 5.89. The van der Waals surface area contributed by atoms with Crippen LogP contribution >= 0.6 is 0 Å². The van der Waals surface area contributed by atoms with Gasteiger partial charge in [0.15, 0.2) is 0 Å². The molecular formula is C18H20N2O4. The molecular weight excluding hydrogens is 308 g/mol. The molecule has 2 aromatic rings. The van der Waals surface area contributed by atoms with Gasteiger partial charge in [0.05, 0.1) is 18.1 Å². The molecule has 1 atom stereocenters. The minimum absolute atomic E-state index is 0.0313. The van der Waals surface area contributed by atoms with E-state index in [0.29, 0.717) is 12.8 Å². The SMILES string of the molecule is CCC(=O)C[C@H](Nc1ccc(OC)cc1)c1ccc([N+](=O)[O-])cc1. The molecule has 0 spiro atoms. The highest BCUT2D eigenvalue weighted by molar-refractivity contribution is 5.79. The molecule has 6 heteroatoms. The fourth-order valence-electron chi connectivity index (χ4n) is 2.34. The summed E-state index contributed by atoms with van der Waals surface area (Å²) in [5, 5.41) is 14.1. The fourth-order valence-corrected chi connectivity index (χ4v) is 2.34. The van der Waals surface area contributed by atoms with Gasteiger partial charge < -0.3 is 10.1 Å². The molecule has 0 aliphatic heterocycles. The normalized spacial score (nSPS) is 11.6. The third kappa shape index (κ3) is 4.55. The molecule has 0 aliphatic carbocycles. The van der Waals surface area contributed by atoms with E-state index >= 15 is 0 Å². The Bertz CT molecular complexity index is 696. The summed E-state index contributed by atoms with van der Waals surface area (Å²) in [6.07, 6.45) is 0.772. The molecule has 0 bridgehead atoms. The van der Waals surface area contributed by atoms with Crippen molar-refractivity contribution in [2.45, 2.75) is 25.8 Å². The van der Waals surface area contributed by atoms with Gasteiger partial charge in [-0.05, 0) is 29.8 Å². The lowest BCUT2D eigenvalue weighted by molar-refractivity contribution is -0.384. The van der Waals surface area contributed by atoms with E-state index in [1.165, 1.54) is 12.1 Å². The second kappa shape index (κ2) is 8.10. The third-order valence-electron chi connectivity index (χ3n) is 3.76. The maximum absolute atomic E-state index is 11.9. The Labute approximate surface area is 140 Å². The first-order valence-electron chi connectivity index (χ1n) is 7.70. The molecule has 126 valence electrons. The van der Waals surface area contributed by atoms with Crippen LogP contribution in [0.2, 0.25) is 0 Å². The summed E-state index contributed by atoms with van der Waals surface area (Å²) in [6, 6.07) is 13.4. The highest BCUT2D eigenvalue weighted by atomic mass is 16.6. The first-order valence-corrected chi connectivity index (χ1v) is 7.70. The molecule has 1 N–H and O–H groups in total. The number of carbonyl (C=O) groups is 1. The monoisotopic (exact) mass is 328 g/mol. The number of ketones is 1. The zero-order valence-electron chi connectivity index (χ0n) is 13.7. The van der Waals surface area contributed by atoms with Gasteiger partial charge in [0, 0.05) is 30.7 Å². The van der Waals surface area contributed by atoms with Crippen LogP contribution in [0.15, 0.2) is 48.5 Å². The van der Waals surface area contributed by atoms with E-state index in [2.05, 4.69) is 5.32 Å². The van der Waals surface area contributed by atoms with Crippen molar-refractivity contribution in [1.82, 2.24) is 0 Å². The van der Waals surface area contributed by atoms with Crippen LogP contribution in [0.5, 0.6) is 5.75 Å². The van der Waals surface area contributed by atoms with Crippen LogP contribution in [-0.2, 0) is 4.79 Å². The summed E-state index contributed by atoms with van der Waals surface area (Å²) >= 11 is 0. The fraction of sp³-hybridized carbons (Fsp3) is 0.278. The van der Waals surface area contributed by atoms with Crippen LogP contribution in [0.4, 0.5) is 11.4 Å². The quantitative estimate of drug-likeness (QED) is 0.582. The molecule has 0 saturated carbocycles. The predicted molar refractivity (Wildman–Crippen MR) is 92.4 cm³/mol. The lowest BCUT2D eigenvalue weighted by atomic mass is 9.99. The van der Waals surface area contributed by atoms with Crippen molar-refractivity contribution in [1.29, 1.82) is 0 Å². The van der Waals surface area contributed by atoms with Gasteiger partial charge in [-0.3, -0.25) is 14.9 Å². The molecule has 0 unspecified atom stereocenters. The predicted octanol–water partition coefficient (Wildman–Crippen LogP) is 4.13. The molecule has 6 nitrogen and oxygen atoms in total. The first kappa shape index (κ1) is 17.5. The minimum atomic E-state index is -0.438. The topological polar surface area (TPSA) is 81.5 Å². The Morgan fingerprint density at radius 3 is 2.29 bits per heavy atom. The molecule has 0 heterocycles. The molecule has 0 aromatic heterocycles. The summed E-state index contributed by atoms with van der Waals surface area (Å²) < 4.78 is 5.13. The second-order valence-electron chi connectivity index (χ2n) is 5.37. The number of ether oxygens (including phenoxy) is 1. The smallest absolute Gasteiger partial charge is 0.269 e. The number of nitrogens with one attached hydrogen (secondary N) is 1. The van der Waals surface area contributed by atoms with Crippen molar-refractivity contribution in [3.05, 3.63) is 64.2 Å². The number of benzene rings is 2. The second-order valence-corrected chi connectivity index (χ2v) is 5.37. The van der Waals surface area contributed by atoms with Gasteiger partial charge >= 0.3 is 0 Å². The van der Waals surface area contributed by atoms with Gasteiger partial charge in [0.2, 0.25) is 0 Å². The van der Waals surface area contributed by atoms with Gasteiger partial charge in [-0.2, -0.15) is 0 Å². The molecule has 2 aromatic carbocycles. The molecule has 24 heavy (non-hydrogen) atoms. The van der Waals surface area contributed by atoms with E-state index in [1.807, 2.05) is 31.2 Å². The van der Waals surface area contributed by atoms with E-state index < -0.39 is 4.92 Å². The van der Waals surface area contributed by atoms with Crippen LogP contribution in [0.3, 0.4) is 0 Å². The largest absolute Gasteiger partial charge is 0.497 e. The maximum Gasteiger partial charge on any atom is 0.269 e. The molecule has 0 amide bonds. The number of Topliss-reactive ketones (excluding diaryl/α,β-unsaturated/α-hetero) is 1. The van der Waals surface area contributed by atoms with Crippen LogP contribution in [0.1, 0.15) is 31.4 Å². The number of methoxy groups -OCH3 is 1. The summed E-state index contributed by atoms with van der Waals surface area (Å²) in [5.74, 6) is 0.872. The average Bonchev–Trinajstić information content (AvgIpc) is 2.61. The van der Waals surface area contributed by atoms with Crippen LogP contribution in [-0.4, -0.2) is 17.8 Å². The van der Waals surface area contributed by atoms with E-state index in [0.717, 1.165) is 17.0 Å².